The highest BCUT2D eigenvalue weighted by molar-refractivity contribution is 7.99. The Morgan fingerprint density at radius 1 is 1.33 bits per heavy atom. The van der Waals surface area contributed by atoms with Gasteiger partial charge >= 0.3 is 6.03 Å². The van der Waals surface area contributed by atoms with Gasteiger partial charge in [-0.1, -0.05) is 0 Å². The summed E-state index contributed by atoms with van der Waals surface area (Å²) < 4.78 is 31.3. The summed E-state index contributed by atoms with van der Waals surface area (Å²) in [6.07, 6.45) is 1.56. The van der Waals surface area contributed by atoms with Crippen LogP contribution in [-0.2, 0) is 0 Å². The highest BCUT2D eigenvalue weighted by Gasteiger charge is 2.32. The predicted molar refractivity (Wildman–Crippen MR) is 76.0 cm³/mol. The molecule has 1 aromatic heterocycles. The molecule has 0 bridgehead atoms. The summed E-state index contributed by atoms with van der Waals surface area (Å²) in [4.78, 5) is 13.9. The second-order valence-corrected chi connectivity index (χ2v) is 5.68. The zero-order valence-electron chi connectivity index (χ0n) is 10.9. The summed E-state index contributed by atoms with van der Waals surface area (Å²) >= 11 is 1.59. The Hall–Kier alpha value is -2.02. The number of carbonyl (C=O) groups excluding carboxylic acids is 1. The molecule has 0 radical (unpaired) electrons. The van der Waals surface area contributed by atoms with Crippen LogP contribution in [0, 0.1) is 11.6 Å². The number of nitrogens with zero attached hydrogens (tertiary/aromatic N) is 1. The predicted octanol–water partition coefficient (Wildman–Crippen LogP) is 3.84. The van der Waals surface area contributed by atoms with Gasteiger partial charge in [0.1, 0.15) is 11.1 Å². The lowest BCUT2D eigenvalue weighted by atomic mass is 10.3. The summed E-state index contributed by atoms with van der Waals surface area (Å²) in [5.41, 5.74) is 0.217. The van der Waals surface area contributed by atoms with E-state index in [0.29, 0.717) is 12.3 Å². The molecule has 1 fully saturated rings. The number of benzene rings is 1. The molecule has 4 nitrogen and oxygen atoms in total. The van der Waals surface area contributed by atoms with Crippen LogP contribution >= 0.6 is 11.8 Å². The van der Waals surface area contributed by atoms with Crippen molar-refractivity contribution in [2.24, 2.45) is 0 Å². The van der Waals surface area contributed by atoms with E-state index in [1.54, 1.807) is 35.1 Å². The fourth-order valence-corrected chi connectivity index (χ4v) is 3.32. The molecular formula is C14H12F2N2O2S. The van der Waals surface area contributed by atoms with Gasteiger partial charge in [0.25, 0.3) is 0 Å². The van der Waals surface area contributed by atoms with Gasteiger partial charge in [-0.15, -0.1) is 11.8 Å². The zero-order valence-corrected chi connectivity index (χ0v) is 11.7. The Morgan fingerprint density at radius 3 is 2.90 bits per heavy atom. The molecule has 2 aromatic rings. The minimum Gasteiger partial charge on any atom is -0.466 e. The third kappa shape index (κ3) is 2.87. The SMILES string of the molecule is O=C(Nc1ccc(F)c(F)c1)N1CCS[C@H]1c1ccco1. The van der Waals surface area contributed by atoms with E-state index < -0.39 is 11.6 Å². The number of furan rings is 1. The number of thioether (sulfide) groups is 1. The Labute approximate surface area is 124 Å². The average Bonchev–Trinajstić information content (AvgIpc) is 3.12. The van der Waals surface area contributed by atoms with Crippen LogP contribution in [0.25, 0.3) is 0 Å². The maximum Gasteiger partial charge on any atom is 0.323 e. The van der Waals surface area contributed by atoms with E-state index in [2.05, 4.69) is 5.32 Å². The highest BCUT2D eigenvalue weighted by atomic mass is 32.2. The maximum absolute atomic E-state index is 13.1. The van der Waals surface area contributed by atoms with Crippen LogP contribution in [0.15, 0.2) is 41.0 Å². The molecule has 1 atom stereocenters. The quantitative estimate of drug-likeness (QED) is 0.916. The first-order valence-electron chi connectivity index (χ1n) is 6.33. The molecule has 0 spiro atoms. The maximum atomic E-state index is 13.1. The van der Waals surface area contributed by atoms with E-state index in [1.807, 2.05) is 0 Å². The Balaban J connectivity index is 1.73. The summed E-state index contributed by atoms with van der Waals surface area (Å²) in [7, 11) is 0. The topological polar surface area (TPSA) is 45.5 Å². The Bertz CT molecular complexity index is 648. The monoisotopic (exact) mass is 310 g/mol. The minimum atomic E-state index is -0.994. The lowest BCUT2D eigenvalue weighted by Crippen LogP contribution is -2.34. The molecule has 0 aliphatic carbocycles. The first kappa shape index (κ1) is 13.9. The van der Waals surface area contributed by atoms with Gasteiger partial charge in [-0.05, 0) is 24.3 Å². The lowest BCUT2D eigenvalue weighted by Gasteiger charge is -2.22. The van der Waals surface area contributed by atoms with Crippen molar-refractivity contribution in [1.82, 2.24) is 4.90 Å². The van der Waals surface area contributed by atoms with Gasteiger partial charge in [0.2, 0.25) is 0 Å². The molecule has 110 valence electrons. The first-order chi connectivity index (χ1) is 10.1. The van der Waals surface area contributed by atoms with Crippen molar-refractivity contribution in [2.75, 3.05) is 17.6 Å². The molecule has 7 heteroatoms. The highest BCUT2D eigenvalue weighted by Crippen LogP contribution is 2.38. The van der Waals surface area contributed by atoms with Crippen molar-refractivity contribution in [2.45, 2.75) is 5.37 Å². The van der Waals surface area contributed by atoms with Gasteiger partial charge < -0.3 is 14.6 Å². The van der Waals surface area contributed by atoms with Crippen molar-refractivity contribution in [1.29, 1.82) is 0 Å². The van der Waals surface area contributed by atoms with Crippen LogP contribution in [0.1, 0.15) is 11.1 Å². The van der Waals surface area contributed by atoms with E-state index >= 15 is 0 Å². The number of urea groups is 1. The third-order valence-corrected chi connectivity index (χ3v) is 4.33. The molecule has 21 heavy (non-hydrogen) atoms. The van der Waals surface area contributed by atoms with Crippen molar-refractivity contribution in [3.05, 3.63) is 54.0 Å². The number of carbonyl (C=O) groups is 1. The smallest absolute Gasteiger partial charge is 0.323 e. The number of anilines is 1. The number of halogens is 2. The third-order valence-electron chi connectivity index (χ3n) is 3.11. The molecule has 0 saturated carbocycles. The fourth-order valence-electron chi connectivity index (χ4n) is 2.11. The van der Waals surface area contributed by atoms with Gasteiger partial charge in [0.15, 0.2) is 11.6 Å². The van der Waals surface area contributed by atoms with Crippen molar-refractivity contribution in [3.8, 4) is 0 Å². The molecule has 1 aliphatic rings. The molecule has 1 aromatic carbocycles. The summed E-state index contributed by atoms with van der Waals surface area (Å²) in [6.45, 7) is 0.561. The summed E-state index contributed by atoms with van der Waals surface area (Å²) in [5.74, 6) is -0.460. The largest absolute Gasteiger partial charge is 0.466 e. The standard InChI is InChI=1S/C14H12F2N2O2S/c15-10-4-3-9(8-11(10)16)17-14(19)18-5-7-21-13(18)12-2-1-6-20-12/h1-4,6,8,13H,5,7H2,(H,17,19)/t13-/m0/s1. The summed E-state index contributed by atoms with van der Waals surface area (Å²) in [6, 6.07) is 6.46. The van der Waals surface area contributed by atoms with Crippen molar-refractivity contribution >= 4 is 23.5 Å². The van der Waals surface area contributed by atoms with E-state index in [-0.39, 0.29) is 17.1 Å². The van der Waals surface area contributed by atoms with Crippen LogP contribution < -0.4 is 5.32 Å². The second-order valence-electron chi connectivity index (χ2n) is 4.49. The summed E-state index contributed by atoms with van der Waals surface area (Å²) in [5, 5.41) is 2.37. The van der Waals surface area contributed by atoms with Crippen LogP contribution in [-0.4, -0.2) is 23.2 Å². The molecule has 1 N–H and O–H groups in total. The lowest BCUT2D eigenvalue weighted by molar-refractivity contribution is 0.209. The average molecular weight is 310 g/mol. The van der Waals surface area contributed by atoms with E-state index in [1.165, 1.54) is 6.07 Å². The van der Waals surface area contributed by atoms with E-state index in [0.717, 1.165) is 17.9 Å². The molecule has 3 rings (SSSR count). The number of hydrogen-bond donors (Lipinski definition) is 1. The van der Waals surface area contributed by atoms with Gasteiger partial charge in [-0.25, -0.2) is 13.6 Å². The van der Waals surface area contributed by atoms with Crippen LogP contribution in [0.2, 0.25) is 0 Å². The molecule has 2 amide bonds. The number of nitrogens with one attached hydrogen (secondary N) is 1. The number of amides is 2. The van der Waals surface area contributed by atoms with Crippen molar-refractivity contribution in [3.63, 3.8) is 0 Å². The molecular weight excluding hydrogens is 298 g/mol. The number of rotatable bonds is 2. The van der Waals surface area contributed by atoms with Gasteiger partial charge in [0.05, 0.1) is 6.26 Å². The normalized spacial score (nSPS) is 18.0. The zero-order chi connectivity index (χ0) is 14.8. The minimum absolute atomic E-state index is 0.203. The van der Waals surface area contributed by atoms with Crippen LogP contribution in [0.3, 0.4) is 0 Å². The van der Waals surface area contributed by atoms with Gasteiger partial charge in [-0.2, -0.15) is 0 Å². The fraction of sp³-hybridized carbons (Fsp3) is 0.214. The van der Waals surface area contributed by atoms with E-state index in [9.17, 15) is 13.6 Å². The Kier molecular flexibility index (Phi) is 3.83. The first-order valence-corrected chi connectivity index (χ1v) is 7.38. The van der Waals surface area contributed by atoms with Crippen LogP contribution in [0.5, 0.6) is 0 Å². The second kappa shape index (κ2) is 5.77. The molecule has 0 unspecified atom stereocenters. The molecule has 2 heterocycles. The molecule has 1 aliphatic heterocycles. The molecule has 1 saturated heterocycles. The van der Waals surface area contributed by atoms with E-state index in [4.69, 9.17) is 4.42 Å². The Morgan fingerprint density at radius 2 is 2.19 bits per heavy atom. The van der Waals surface area contributed by atoms with Crippen molar-refractivity contribution < 1.29 is 18.0 Å². The van der Waals surface area contributed by atoms with Gasteiger partial charge in [-0.3, -0.25) is 0 Å². The number of hydrogen-bond acceptors (Lipinski definition) is 3. The van der Waals surface area contributed by atoms with Gasteiger partial charge in [0, 0.05) is 24.1 Å². The van der Waals surface area contributed by atoms with Crippen LogP contribution in [0.4, 0.5) is 19.3 Å².